The molecule has 0 atom stereocenters. The molecule has 0 bridgehead atoms. The lowest BCUT2D eigenvalue weighted by Gasteiger charge is -1.96. The fourth-order valence-electron chi connectivity index (χ4n) is 0.551. The Bertz CT molecular complexity index is 170. The second kappa shape index (κ2) is 4.61. The Labute approximate surface area is 60.6 Å². The average molecular weight is 140 g/mol. The first-order chi connectivity index (χ1) is 4.76. The van der Waals surface area contributed by atoms with Crippen LogP contribution < -0.4 is 11.1 Å². The van der Waals surface area contributed by atoms with Crippen LogP contribution in [-0.4, -0.2) is 13.0 Å². The Morgan fingerprint density at radius 3 is 2.50 bits per heavy atom. The van der Waals surface area contributed by atoms with Crippen LogP contribution in [0.1, 0.15) is 6.92 Å². The third kappa shape index (κ3) is 2.35. The van der Waals surface area contributed by atoms with Crippen molar-refractivity contribution >= 4 is 5.91 Å². The van der Waals surface area contributed by atoms with E-state index in [1.807, 2.05) is 0 Å². The second-order valence-electron chi connectivity index (χ2n) is 1.68. The number of likely N-dealkylation sites (N-methyl/N-ethyl adjacent to an activating group) is 1. The van der Waals surface area contributed by atoms with Crippen LogP contribution in [0, 0.1) is 0 Å². The first kappa shape index (κ1) is 8.75. The lowest BCUT2D eigenvalue weighted by Crippen LogP contribution is -2.18. The van der Waals surface area contributed by atoms with Crippen LogP contribution in [0.2, 0.25) is 0 Å². The summed E-state index contributed by atoms with van der Waals surface area (Å²) in [6.45, 7) is 1.78. The van der Waals surface area contributed by atoms with Crippen molar-refractivity contribution in [2.75, 3.05) is 7.05 Å². The molecule has 10 heavy (non-hydrogen) atoms. The minimum absolute atomic E-state index is 0.121. The molecule has 0 fully saturated rings. The van der Waals surface area contributed by atoms with Gasteiger partial charge in [-0.1, -0.05) is 6.08 Å². The van der Waals surface area contributed by atoms with Crippen molar-refractivity contribution in [1.29, 1.82) is 0 Å². The van der Waals surface area contributed by atoms with Gasteiger partial charge in [-0.25, -0.2) is 0 Å². The van der Waals surface area contributed by atoms with E-state index in [9.17, 15) is 4.79 Å². The van der Waals surface area contributed by atoms with Gasteiger partial charge in [-0.2, -0.15) is 0 Å². The predicted molar refractivity (Wildman–Crippen MR) is 41.2 cm³/mol. The molecule has 0 heterocycles. The van der Waals surface area contributed by atoms with Crippen molar-refractivity contribution in [2.45, 2.75) is 6.92 Å². The van der Waals surface area contributed by atoms with Gasteiger partial charge in [0.05, 0.1) is 0 Å². The number of amides is 1. The number of hydrogen-bond acceptors (Lipinski definition) is 2. The highest BCUT2D eigenvalue weighted by atomic mass is 16.1. The molecule has 3 heteroatoms. The van der Waals surface area contributed by atoms with E-state index in [2.05, 4.69) is 5.32 Å². The molecule has 0 unspecified atom stereocenters. The Morgan fingerprint density at radius 1 is 1.60 bits per heavy atom. The van der Waals surface area contributed by atoms with Crippen LogP contribution in [0.5, 0.6) is 0 Å². The van der Waals surface area contributed by atoms with Gasteiger partial charge < -0.3 is 11.1 Å². The van der Waals surface area contributed by atoms with Crippen molar-refractivity contribution < 1.29 is 4.79 Å². The van der Waals surface area contributed by atoms with Gasteiger partial charge >= 0.3 is 0 Å². The molecular weight excluding hydrogens is 128 g/mol. The highest BCUT2D eigenvalue weighted by molar-refractivity contribution is 5.95. The fraction of sp³-hybridized carbons (Fsp3) is 0.286. The molecule has 3 nitrogen and oxygen atoms in total. The third-order valence-electron chi connectivity index (χ3n) is 1.08. The summed E-state index contributed by atoms with van der Waals surface area (Å²) in [5.41, 5.74) is 5.67. The molecule has 0 spiro atoms. The highest BCUT2D eigenvalue weighted by Gasteiger charge is 1.99. The van der Waals surface area contributed by atoms with Gasteiger partial charge in [0, 0.05) is 12.6 Å². The van der Waals surface area contributed by atoms with Gasteiger partial charge in [-0.15, -0.1) is 0 Å². The van der Waals surface area contributed by atoms with E-state index in [1.165, 1.54) is 6.20 Å². The molecule has 0 aliphatic carbocycles. The molecule has 0 aliphatic rings. The lowest BCUT2D eigenvalue weighted by atomic mass is 10.2. The van der Waals surface area contributed by atoms with Gasteiger partial charge in [0.2, 0.25) is 0 Å². The van der Waals surface area contributed by atoms with Crippen LogP contribution in [0.3, 0.4) is 0 Å². The van der Waals surface area contributed by atoms with E-state index in [0.29, 0.717) is 5.57 Å². The van der Waals surface area contributed by atoms with Crippen LogP contribution in [0.4, 0.5) is 0 Å². The zero-order valence-electron chi connectivity index (χ0n) is 6.22. The summed E-state index contributed by atoms with van der Waals surface area (Å²) in [6, 6.07) is 0. The molecule has 0 saturated heterocycles. The number of hydrogen-bond donors (Lipinski definition) is 2. The van der Waals surface area contributed by atoms with E-state index in [1.54, 1.807) is 26.1 Å². The van der Waals surface area contributed by atoms with Crippen molar-refractivity contribution in [3.8, 4) is 0 Å². The fourth-order valence-corrected chi connectivity index (χ4v) is 0.551. The minimum Gasteiger partial charge on any atom is -0.405 e. The van der Waals surface area contributed by atoms with Gasteiger partial charge in [0.15, 0.2) is 0 Å². The summed E-state index contributed by atoms with van der Waals surface area (Å²) >= 11 is 0. The lowest BCUT2D eigenvalue weighted by molar-refractivity contribution is -0.116. The van der Waals surface area contributed by atoms with Crippen LogP contribution >= 0.6 is 0 Å². The first-order valence-corrected chi connectivity index (χ1v) is 3.03. The summed E-state index contributed by atoms with van der Waals surface area (Å²) < 4.78 is 0. The molecule has 0 saturated carbocycles. The van der Waals surface area contributed by atoms with Crippen LogP contribution in [-0.2, 0) is 4.79 Å². The predicted octanol–water partition coefficient (Wildman–Crippen LogP) is 0.151. The van der Waals surface area contributed by atoms with Gasteiger partial charge in [0.1, 0.15) is 0 Å². The van der Waals surface area contributed by atoms with Gasteiger partial charge in [-0.05, 0) is 19.2 Å². The molecule has 3 N–H and O–H groups in total. The largest absolute Gasteiger partial charge is 0.405 e. The molecule has 0 aromatic rings. The monoisotopic (exact) mass is 140 g/mol. The molecular formula is C7H12N2O. The smallest absolute Gasteiger partial charge is 0.250 e. The number of rotatable bonds is 2. The zero-order valence-corrected chi connectivity index (χ0v) is 6.22. The van der Waals surface area contributed by atoms with E-state index in [0.717, 1.165) is 0 Å². The quantitative estimate of drug-likeness (QED) is 0.424. The molecule has 0 aromatic heterocycles. The topological polar surface area (TPSA) is 55.1 Å². The Hall–Kier alpha value is -1.25. The van der Waals surface area contributed by atoms with Crippen molar-refractivity contribution in [3.63, 3.8) is 0 Å². The van der Waals surface area contributed by atoms with Crippen LogP contribution in [0.25, 0.3) is 0 Å². The maximum Gasteiger partial charge on any atom is 0.250 e. The van der Waals surface area contributed by atoms with E-state index in [-0.39, 0.29) is 5.91 Å². The summed E-state index contributed by atoms with van der Waals surface area (Å²) in [6.07, 6.45) is 4.59. The zero-order chi connectivity index (χ0) is 7.98. The highest BCUT2D eigenvalue weighted by Crippen LogP contribution is 1.93. The summed E-state index contributed by atoms with van der Waals surface area (Å²) in [4.78, 5) is 10.8. The standard InChI is InChI=1S/C7H12N2O/c1-3-6(4-5-8)7(10)9-2/h3-5H,8H2,1-2H3,(H,9,10)/b5-4-,6-3+. The Balaban J connectivity index is 4.23. The van der Waals surface area contributed by atoms with Crippen molar-refractivity contribution in [2.24, 2.45) is 5.73 Å². The number of nitrogens with one attached hydrogen (secondary N) is 1. The molecule has 56 valence electrons. The normalized spacial score (nSPS) is 12.0. The third-order valence-corrected chi connectivity index (χ3v) is 1.08. The van der Waals surface area contributed by atoms with Crippen LogP contribution in [0.15, 0.2) is 23.9 Å². The SMILES string of the molecule is C/C=C(\C=C/N)C(=O)NC. The van der Waals surface area contributed by atoms with E-state index >= 15 is 0 Å². The Morgan fingerprint density at radius 2 is 2.20 bits per heavy atom. The molecule has 0 aliphatic heterocycles. The molecule has 0 rings (SSSR count). The number of carbonyl (C=O) groups is 1. The summed E-state index contributed by atoms with van der Waals surface area (Å²) in [7, 11) is 1.58. The maximum absolute atomic E-state index is 10.8. The maximum atomic E-state index is 10.8. The number of carbonyl (C=O) groups excluding carboxylic acids is 1. The molecule has 0 radical (unpaired) electrons. The van der Waals surface area contributed by atoms with E-state index in [4.69, 9.17) is 5.73 Å². The number of allylic oxidation sites excluding steroid dienone is 1. The second-order valence-corrected chi connectivity index (χ2v) is 1.68. The molecule has 0 aromatic carbocycles. The number of nitrogens with two attached hydrogens (primary N) is 1. The van der Waals surface area contributed by atoms with Gasteiger partial charge in [0.25, 0.3) is 5.91 Å². The van der Waals surface area contributed by atoms with Crippen molar-refractivity contribution in [1.82, 2.24) is 5.32 Å². The summed E-state index contributed by atoms with van der Waals surface area (Å²) in [5, 5.41) is 2.49. The Kier molecular flexibility index (Phi) is 4.04. The summed E-state index contributed by atoms with van der Waals surface area (Å²) in [5.74, 6) is -0.121. The molecule has 1 amide bonds. The van der Waals surface area contributed by atoms with Gasteiger partial charge in [-0.3, -0.25) is 4.79 Å². The van der Waals surface area contributed by atoms with Crippen molar-refractivity contribution in [3.05, 3.63) is 23.9 Å². The minimum atomic E-state index is -0.121. The van der Waals surface area contributed by atoms with E-state index < -0.39 is 0 Å². The first-order valence-electron chi connectivity index (χ1n) is 3.03. The average Bonchev–Trinajstić information content (AvgIpc) is 1.99.